The maximum atomic E-state index is 13.3. The summed E-state index contributed by atoms with van der Waals surface area (Å²) in [4.78, 5) is 11.4. The number of hydrogen-bond acceptors (Lipinski definition) is 2. The molecule has 0 amide bonds. The number of benzene rings is 1. The van der Waals surface area contributed by atoms with E-state index in [9.17, 15) is 9.18 Å². The number of aromatic nitrogens is 2. The summed E-state index contributed by atoms with van der Waals surface area (Å²) in [6, 6.07) is 4.21. The monoisotopic (exact) mass is 238 g/mol. The van der Waals surface area contributed by atoms with Crippen LogP contribution in [0.2, 0.25) is 5.02 Å². The topological polar surface area (TPSA) is 34.9 Å². The van der Waals surface area contributed by atoms with Gasteiger partial charge in [0.15, 0.2) is 5.78 Å². The van der Waals surface area contributed by atoms with Gasteiger partial charge in [-0.05, 0) is 19.1 Å². The molecule has 5 heteroatoms. The molecule has 1 heterocycles. The molecule has 0 aliphatic carbocycles. The minimum atomic E-state index is -0.572. The maximum Gasteiger partial charge on any atom is 0.162 e. The zero-order valence-electron chi connectivity index (χ0n) is 8.45. The van der Waals surface area contributed by atoms with Gasteiger partial charge in [-0.15, -0.1) is 0 Å². The molecule has 0 aliphatic rings. The van der Waals surface area contributed by atoms with E-state index in [1.807, 2.05) is 0 Å². The number of hydrogen-bond donors (Lipinski definition) is 0. The van der Waals surface area contributed by atoms with Gasteiger partial charge in [0, 0.05) is 24.0 Å². The molecule has 1 aromatic heterocycles. The first-order chi connectivity index (χ1) is 7.59. The van der Waals surface area contributed by atoms with Crippen molar-refractivity contribution in [2.24, 2.45) is 0 Å². The third-order valence-electron chi connectivity index (χ3n) is 2.17. The van der Waals surface area contributed by atoms with Crippen LogP contribution in [0.25, 0.3) is 5.69 Å². The van der Waals surface area contributed by atoms with Gasteiger partial charge in [-0.1, -0.05) is 11.6 Å². The Balaban J connectivity index is 2.68. The van der Waals surface area contributed by atoms with Crippen LogP contribution >= 0.6 is 11.6 Å². The van der Waals surface area contributed by atoms with Gasteiger partial charge in [0.1, 0.15) is 5.82 Å². The Hall–Kier alpha value is -1.68. The third kappa shape index (κ3) is 1.84. The van der Waals surface area contributed by atoms with Gasteiger partial charge in [0.25, 0.3) is 0 Å². The standard InChI is InChI=1S/C11H8ClFN2O/c1-7(16)8-5-9(12)10(13)6-11(8)15-4-2-3-14-15/h2-6H,1H3. The highest BCUT2D eigenvalue weighted by Crippen LogP contribution is 2.23. The summed E-state index contributed by atoms with van der Waals surface area (Å²) in [5, 5.41) is 3.89. The molecule has 2 rings (SSSR count). The number of rotatable bonds is 2. The van der Waals surface area contributed by atoms with Crippen molar-refractivity contribution in [3.8, 4) is 5.69 Å². The molecule has 0 saturated carbocycles. The van der Waals surface area contributed by atoms with E-state index in [-0.39, 0.29) is 10.8 Å². The van der Waals surface area contributed by atoms with Crippen LogP contribution in [-0.2, 0) is 0 Å². The highest BCUT2D eigenvalue weighted by Gasteiger charge is 2.13. The molecule has 0 bridgehead atoms. The molecular weight excluding hydrogens is 231 g/mol. The maximum absolute atomic E-state index is 13.3. The molecule has 0 aliphatic heterocycles. The van der Waals surface area contributed by atoms with Crippen molar-refractivity contribution in [3.63, 3.8) is 0 Å². The molecular formula is C11H8ClFN2O. The number of ketones is 1. The van der Waals surface area contributed by atoms with Crippen LogP contribution in [0.1, 0.15) is 17.3 Å². The number of halogens is 2. The summed E-state index contributed by atoms with van der Waals surface area (Å²) in [5.74, 6) is -0.760. The molecule has 0 radical (unpaired) electrons. The Bertz CT molecular complexity index is 537. The van der Waals surface area contributed by atoms with Gasteiger partial charge in [0.2, 0.25) is 0 Å². The minimum Gasteiger partial charge on any atom is -0.294 e. The molecule has 2 aromatic rings. The van der Waals surface area contributed by atoms with E-state index in [0.29, 0.717) is 11.3 Å². The molecule has 0 fully saturated rings. The number of Topliss-reactive ketones (excluding diaryl/α,β-unsaturated/α-hetero) is 1. The average Bonchev–Trinajstić information content (AvgIpc) is 2.74. The van der Waals surface area contributed by atoms with Crippen LogP contribution in [0, 0.1) is 5.82 Å². The van der Waals surface area contributed by atoms with E-state index in [1.54, 1.807) is 18.5 Å². The SMILES string of the molecule is CC(=O)c1cc(Cl)c(F)cc1-n1cccn1. The zero-order valence-corrected chi connectivity index (χ0v) is 9.20. The molecule has 1 aromatic carbocycles. The van der Waals surface area contributed by atoms with Crippen LogP contribution in [0.5, 0.6) is 0 Å². The fraction of sp³-hybridized carbons (Fsp3) is 0.0909. The summed E-state index contributed by atoms with van der Waals surface area (Å²) >= 11 is 5.63. The van der Waals surface area contributed by atoms with Gasteiger partial charge >= 0.3 is 0 Å². The molecule has 0 saturated heterocycles. The summed E-state index contributed by atoms with van der Waals surface area (Å²) < 4.78 is 14.8. The van der Waals surface area contributed by atoms with Crippen molar-refractivity contribution in [2.75, 3.05) is 0 Å². The number of carbonyl (C=O) groups excluding carboxylic acids is 1. The lowest BCUT2D eigenvalue weighted by atomic mass is 10.1. The summed E-state index contributed by atoms with van der Waals surface area (Å²) in [6.45, 7) is 1.40. The molecule has 0 unspecified atom stereocenters. The summed E-state index contributed by atoms with van der Waals surface area (Å²) in [7, 11) is 0. The second-order valence-corrected chi connectivity index (χ2v) is 3.70. The van der Waals surface area contributed by atoms with Crippen molar-refractivity contribution < 1.29 is 9.18 Å². The Labute approximate surface area is 96.5 Å². The molecule has 0 spiro atoms. The van der Waals surface area contributed by atoms with Gasteiger partial charge in [0.05, 0.1) is 10.7 Å². The third-order valence-corrected chi connectivity index (χ3v) is 2.46. The van der Waals surface area contributed by atoms with Gasteiger partial charge < -0.3 is 0 Å². The Morgan fingerprint density at radius 1 is 1.50 bits per heavy atom. The smallest absolute Gasteiger partial charge is 0.162 e. The highest BCUT2D eigenvalue weighted by atomic mass is 35.5. The molecule has 3 nitrogen and oxygen atoms in total. The van der Waals surface area contributed by atoms with Gasteiger partial charge in [-0.2, -0.15) is 5.10 Å². The van der Waals surface area contributed by atoms with Crippen molar-refractivity contribution >= 4 is 17.4 Å². The van der Waals surface area contributed by atoms with E-state index < -0.39 is 5.82 Å². The molecule has 0 atom stereocenters. The zero-order chi connectivity index (χ0) is 11.7. The normalized spacial score (nSPS) is 10.4. The minimum absolute atomic E-state index is 0.0684. The van der Waals surface area contributed by atoms with Gasteiger partial charge in [-0.25, -0.2) is 9.07 Å². The first-order valence-electron chi connectivity index (χ1n) is 4.59. The number of carbonyl (C=O) groups is 1. The summed E-state index contributed by atoms with van der Waals surface area (Å²) in [6.07, 6.45) is 3.19. The van der Waals surface area contributed by atoms with E-state index in [4.69, 9.17) is 11.6 Å². The fourth-order valence-electron chi connectivity index (χ4n) is 1.42. The van der Waals surface area contributed by atoms with E-state index >= 15 is 0 Å². The fourth-order valence-corrected chi connectivity index (χ4v) is 1.58. The predicted molar refractivity (Wildman–Crippen MR) is 58.5 cm³/mol. The Morgan fingerprint density at radius 2 is 2.25 bits per heavy atom. The Kier molecular flexibility index (Phi) is 2.75. The van der Waals surface area contributed by atoms with Crippen LogP contribution in [-0.4, -0.2) is 15.6 Å². The lowest BCUT2D eigenvalue weighted by molar-refractivity contribution is 0.101. The van der Waals surface area contributed by atoms with E-state index in [2.05, 4.69) is 5.10 Å². The Morgan fingerprint density at radius 3 is 2.81 bits per heavy atom. The van der Waals surface area contributed by atoms with Crippen molar-refractivity contribution in [2.45, 2.75) is 6.92 Å². The average molecular weight is 239 g/mol. The van der Waals surface area contributed by atoms with E-state index in [1.165, 1.54) is 23.7 Å². The van der Waals surface area contributed by atoms with Gasteiger partial charge in [-0.3, -0.25) is 4.79 Å². The molecule has 0 N–H and O–H groups in total. The highest BCUT2D eigenvalue weighted by molar-refractivity contribution is 6.31. The molecule has 16 heavy (non-hydrogen) atoms. The predicted octanol–water partition coefficient (Wildman–Crippen LogP) is 2.87. The summed E-state index contributed by atoms with van der Waals surface area (Å²) in [5.41, 5.74) is 0.731. The lowest BCUT2D eigenvalue weighted by Crippen LogP contribution is -2.05. The lowest BCUT2D eigenvalue weighted by Gasteiger charge is -2.08. The van der Waals surface area contributed by atoms with Crippen LogP contribution < -0.4 is 0 Å². The van der Waals surface area contributed by atoms with Crippen LogP contribution in [0.4, 0.5) is 4.39 Å². The largest absolute Gasteiger partial charge is 0.294 e. The van der Waals surface area contributed by atoms with Crippen LogP contribution in [0.15, 0.2) is 30.6 Å². The number of nitrogens with zero attached hydrogens (tertiary/aromatic N) is 2. The van der Waals surface area contributed by atoms with Crippen molar-refractivity contribution in [1.29, 1.82) is 0 Å². The van der Waals surface area contributed by atoms with Crippen molar-refractivity contribution in [1.82, 2.24) is 9.78 Å². The van der Waals surface area contributed by atoms with Crippen LogP contribution in [0.3, 0.4) is 0 Å². The first kappa shape index (κ1) is 10.8. The molecule has 82 valence electrons. The first-order valence-corrected chi connectivity index (χ1v) is 4.97. The second kappa shape index (κ2) is 4.06. The quantitative estimate of drug-likeness (QED) is 0.754. The van der Waals surface area contributed by atoms with Crippen molar-refractivity contribution in [3.05, 3.63) is 47.0 Å². The second-order valence-electron chi connectivity index (χ2n) is 3.29. The van der Waals surface area contributed by atoms with E-state index in [0.717, 1.165) is 0 Å².